The number of nitrogens with two attached hydrogens (primary N) is 1. The van der Waals surface area contributed by atoms with Crippen LogP contribution in [0.1, 0.15) is 49.7 Å². The molecule has 1 rings (SSSR count). The number of carbonyl (C=O) groups is 2. The number of hydrogen-bond donors (Lipinski definition) is 3. The van der Waals surface area contributed by atoms with Crippen LogP contribution in [0.2, 0.25) is 0 Å². The summed E-state index contributed by atoms with van der Waals surface area (Å²) in [6.07, 6.45) is 5.38. The molecule has 0 aromatic heterocycles. The average molecular weight is 686 g/mol. The van der Waals surface area contributed by atoms with E-state index in [1.165, 1.54) is 11.1 Å². The second-order valence-electron chi connectivity index (χ2n) is 11.0. The summed E-state index contributed by atoms with van der Waals surface area (Å²) in [5, 5.41) is 5.89. The van der Waals surface area contributed by atoms with Gasteiger partial charge >= 0.3 is 0 Å². The van der Waals surface area contributed by atoms with Gasteiger partial charge in [-0.2, -0.15) is 0 Å². The molecule has 0 atom stereocenters. The molecule has 0 aliphatic carbocycles. The van der Waals surface area contributed by atoms with E-state index in [1.807, 2.05) is 0 Å². The fraction of sp³-hybridized carbons (Fsp3) is 0.771. The molecule has 0 saturated heterocycles. The van der Waals surface area contributed by atoms with Crippen molar-refractivity contribution in [1.82, 2.24) is 10.6 Å². The lowest BCUT2D eigenvalue weighted by molar-refractivity contribution is -0.122. The first-order chi connectivity index (χ1) is 23.6. The van der Waals surface area contributed by atoms with Crippen LogP contribution in [-0.2, 0) is 53.9 Å². The fourth-order valence-electron chi connectivity index (χ4n) is 4.16. The first-order valence-corrected chi connectivity index (χ1v) is 17.5. The Morgan fingerprint density at radius 3 is 1.29 bits per heavy atom. The zero-order chi connectivity index (χ0) is 34.6. The van der Waals surface area contributed by atoms with E-state index in [1.54, 1.807) is 0 Å². The van der Waals surface area contributed by atoms with Gasteiger partial charge in [0.25, 0.3) is 0 Å². The molecule has 2 amide bonds. The van der Waals surface area contributed by atoms with E-state index in [4.69, 9.17) is 43.6 Å². The van der Waals surface area contributed by atoms with Gasteiger partial charge in [0, 0.05) is 32.5 Å². The lowest BCUT2D eigenvalue weighted by atomic mass is 10.1. The summed E-state index contributed by atoms with van der Waals surface area (Å²) in [7, 11) is 0. The molecule has 13 heteroatoms. The molecule has 0 spiro atoms. The van der Waals surface area contributed by atoms with Crippen LogP contribution in [0, 0.1) is 6.92 Å². The van der Waals surface area contributed by atoms with Gasteiger partial charge in [0.1, 0.15) is 0 Å². The molecular weight excluding hydrogens is 622 g/mol. The molecule has 0 aliphatic rings. The zero-order valence-electron chi connectivity index (χ0n) is 29.4. The number of unbranched alkanes of at least 4 members (excludes halogenated alkanes) is 2. The summed E-state index contributed by atoms with van der Waals surface area (Å²) in [5.74, 6) is 0.0830. The topological polar surface area (TPSA) is 158 Å². The zero-order valence-corrected chi connectivity index (χ0v) is 29.4. The van der Waals surface area contributed by atoms with Crippen molar-refractivity contribution in [3.05, 3.63) is 35.4 Å². The van der Waals surface area contributed by atoms with Gasteiger partial charge in [-0.25, -0.2) is 0 Å². The summed E-state index contributed by atoms with van der Waals surface area (Å²) in [4.78, 5) is 23.9. The van der Waals surface area contributed by atoms with E-state index in [-0.39, 0.29) is 11.8 Å². The Bertz CT molecular complexity index is 864. The van der Waals surface area contributed by atoms with Crippen LogP contribution in [0.5, 0.6) is 0 Å². The summed E-state index contributed by atoms with van der Waals surface area (Å²) >= 11 is 0. The highest BCUT2D eigenvalue weighted by molar-refractivity contribution is 5.76. The minimum Gasteiger partial charge on any atom is -0.379 e. The number of nitrogens with one attached hydrogen (secondary N) is 2. The van der Waals surface area contributed by atoms with Crippen LogP contribution in [0.4, 0.5) is 0 Å². The predicted molar refractivity (Wildman–Crippen MR) is 184 cm³/mol. The van der Waals surface area contributed by atoms with E-state index in [0.29, 0.717) is 138 Å². The molecule has 0 fully saturated rings. The van der Waals surface area contributed by atoms with Gasteiger partial charge in [-0.3, -0.25) is 9.59 Å². The molecule has 0 radical (unpaired) electrons. The largest absolute Gasteiger partial charge is 0.379 e. The van der Waals surface area contributed by atoms with Crippen LogP contribution < -0.4 is 16.4 Å². The van der Waals surface area contributed by atoms with Gasteiger partial charge in [0.05, 0.1) is 106 Å². The van der Waals surface area contributed by atoms with Gasteiger partial charge in [-0.05, 0) is 44.6 Å². The van der Waals surface area contributed by atoms with Crippen LogP contribution in [0.15, 0.2) is 24.3 Å². The van der Waals surface area contributed by atoms with Crippen molar-refractivity contribution in [3.8, 4) is 0 Å². The molecule has 278 valence electrons. The Hall–Kier alpha value is -2.20. The van der Waals surface area contributed by atoms with Crippen molar-refractivity contribution in [2.24, 2.45) is 5.73 Å². The number of carbonyl (C=O) groups excluding carboxylic acids is 2. The first-order valence-electron chi connectivity index (χ1n) is 17.5. The SMILES string of the molecule is Cc1ccc(CCCC(=O)NCCCCCNC(=O)CCOCCOCCOCCOCCOCCOCCOCCOCCN)cc1. The lowest BCUT2D eigenvalue weighted by Gasteiger charge is -2.09. The molecule has 0 aliphatic heterocycles. The summed E-state index contributed by atoms with van der Waals surface area (Å²) in [6, 6.07) is 8.45. The van der Waals surface area contributed by atoms with Crippen molar-refractivity contribution >= 4 is 11.8 Å². The van der Waals surface area contributed by atoms with E-state index in [2.05, 4.69) is 41.8 Å². The first kappa shape index (κ1) is 43.8. The van der Waals surface area contributed by atoms with Crippen molar-refractivity contribution < 1.29 is 47.5 Å². The number of ether oxygens (including phenoxy) is 8. The molecule has 1 aromatic rings. The molecular formula is C35H63N3O10. The van der Waals surface area contributed by atoms with Crippen LogP contribution >= 0.6 is 0 Å². The Morgan fingerprint density at radius 1 is 0.500 bits per heavy atom. The highest BCUT2D eigenvalue weighted by Gasteiger charge is 2.03. The number of benzene rings is 1. The molecule has 0 heterocycles. The molecule has 48 heavy (non-hydrogen) atoms. The van der Waals surface area contributed by atoms with Gasteiger partial charge < -0.3 is 54.3 Å². The van der Waals surface area contributed by atoms with Crippen molar-refractivity contribution in [2.75, 3.05) is 125 Å². The Balaban J connectivity index is 1.70. The third kappa shape index (κ3) is 31.1. The Labute approximate surface area is 288 Å². The predicted octanol–water partition coefficient (Wildman–Crippen LogP) is 2.20. The maximum absolute atomic E-state index is 12.0. The third-order valence-corrected chi connectivity index (χ3v) is 6.83. The van der Waals surface area contributed by atoms with E-state index in [0.717, 1.165) is 32.1 Å². The highest BCUT2D eigenvalue weighted by atomic mass is 16.6. The van der Waals surface area contributed by atoms with E-state index in [9.17, 15) is 9.59 Å². The second-order valence-corrected chi connectivity index (χ2v) is 11.0. The highest BCUT2D eigenvalue weighted by Crippen LogP contribution is 2.07. The van der Waals surface area contributed by atoms with Crippen LogP contribution in [0.25, 0.3) is 0 Å². The van der Waals surface area contributed by atoms with Crippen molar-refractivity contribution in [2.45, 2.75) is 51.9 Å². The molecule has 0 bridgehead atoms. The van der Waals surface area contributed by atoms with Gasteiger partial charge in [-0.15, -0.1) is 0 Å². The Kier molecular flexibility index (Phi) is 31.6. The minimum atomic E-state index is -0.0209. The minimum absolute atomic E-state index is 0.0209. The Morgan fingerprint density at radius 2 is 0.875 bits per heavy atom. The van der Waals surface area contributed by atoms with Gasteiger partial charge in [0.15, 0.2) is 0 Å². The van der Waals surface area contributed by atoms with Crippen LogP contribution in [-0.4, -0.2) is 137 Å². The fourth-order valence-corrected chi connectivity index (χ4v) is 4.16. The van der Waals surface area contributed by atoms with Crippen LogP contribution in [0.3, 0.4) is 0 Å². The van der Waals surface area contributed by atoms with Crippen molar-refractivity contribution in [1.29, 1.82) is 0 Å². The number of amides is 2. The molecule has 13 nitrogen and oxygen atoms in total. The normalized spacial score (nSPS) is 11.2. The average Bonchev–Trinajstić information content (AvgIpc) is 3.08. The van der Waals surface area contributed by atoms with Gasteiger partial charge in [0.2, 0.25) is 11.8 Å². The molecule has 1 aromatic carbocycles. The van der Waals surface area contributed by atoms with E-state index >= 15 is 0 Å². The third-order valence-electron chi connectivity index (χ3n) is 6.83. The quantitative estimate of drug-likeness (QED) is 0.0890. The summed E-state index contributed by atoms with van der Waals surface area (Å²) < 4.78 is 43.3. The smallest absolute Gasteiger partial charge is 0.222 e. The summed E-state index contributed by atoms with van der Waals surface area (Å²) in [5.41, 5.74) is 7.85. The maximum Gasteiger partial charge on any atom is 0.222 e. The summed E-state index contributed by atoms with van der Waals surface area (Å²) in [6.45, 7) is 11.8. The standard InChI is InChI=1S/C35H63N3O10/c1-32-8-10-33(11-9-32)6-5-7-34(39)37-14-3-2-4-15-38-35(40)12-16-41-18-20-43-22-24-45-26-28-47-30-31-48-29-27-46-25-23-44-21-19-42-17-13-36/h8-11H,2-7,12-31,36H2,1H3,(H,37,39)(H,38,40). The number of aryl methyl sites for hydroxylation is 2. The van der Waals surface area contributed by atoms with E-state index < -0.39 is 0 Å². The molecule has 4 N–H and O–H groups in total. The maximum atomic E-state index is 12.0. The number of hydrogen-bond acceptors (Lipinski definition) is 11. The second kappa shape index (κ2) is 34.7. The molecule has 0 unspecified atom stereocenters. The number of rotatable bonds is 36. The molecule has 0 saturated carbocycles. The van der Waals surface area contributed by atoms with Crippen molar-refractivity contribution in [3.63, 3.8) is 0 Å². The monoisotopic (exact) mass is 685 g/mol. The lowest BCUT2D eigenvalue weighted by Crippen LogP contribution is -2.26. The van der Waals surface area contributed by atoms with Gasteiger partial charge in [-0.1, -0.05) is 29.8 Å².